The zero-order valence-corrected chi connectivity index (χ0v) is 10.1. The summed E-state index contributed by atoms with van der Waals surface area (Å²) < 4.78 is 0. The van der Waals surface area contributed by atoms with Crippen molar-refractivity contribution in [3.63, 3.8) is 0 Å². The lowest BCUT2D eigenvalue weighted by Crippen LogP contribution is -2.05. The highest BCUT2D eigenvalue weighted by Crippen LogP contribution is 2.19. The zero-order valence-electron chi connectivity index (χ0n) is 9.30. The van der Waals surface area contributed by atoms with Crippen LogP contribution in [-0.4, -0.2) is 21.1 Å². The number of hydrogen-bond acceptors (Lipinski definition) is 4. The van der Waals surface area contributed by atoms with Crippen LogP contribution in [0.25, 0.3) is 0 Å². The van der Waals surface area contributed by atoms with E-state index >= 15 is 0 Å². The van der Waals surface area contributed by atoms with Crippen molar-refractivity contribution in [2.24, 2.45) is 0 Å². The molecule has 17 heavy (non-hydrogen) atoms. The first-order chi connectivity index (χ1) is 8.24. The number of aromatic amines is 1. The summed E-state index contributed by atoms with van der Waals surface area (Å²) in [4.78, 5) is 14.9. The number of carbonyl (C=O) groups is 1. The molecule has 0 unspecified atom stereocenters. The molecule has 0 aliphatic heterocycles. The van der Waals surface area contributed by atoms with Crippen LogP contribution in [0.5, 0.6) is 0 Å². The van der Waals surface area contributed by atoms with Crippen LogP contribution >= 0.6 is 11.8 Å². The van der Waals surface area contributed by atoms with Crippen molar-refractivity contribution < 1.29 is 4.79 Å². The molecule has 0 fully saturated rings. The Bertz CT molecular complexity index is 481. The molecule has 6 heteroatoms. The molecular formula is C11H12N4OS. The van der Waals surface area contributed by atoms with E-state index in [1.54, 1.807) is 11.8 Å². The Labute approximate surface area is 103 Å². The molecule has 0 radical (unpaired) electrons. The summed E-state index contributed by atoms with van der Waals surface area (Å²) in [7, 11) is 0. The first-order valence-corrected chi connectivity index (χ1v) is 6.07. The summed E-state index contributed by atoms with van der Waals surface area (Å²) in [5.74, 6) is 0.754. The lowest BCUT2D eigenvalue weighted by atomic mass is 10.2. The van der Waals surface area contributed by atoms with E-state index in [0.29, 0.717) is 0 Å². The van der Waals surface area contributed by atoms with Gasteiger partial charge in [-0.25, -0.2) is 4.98 Å². The Morgan fingerprint density at radius 3 is 2.76 bits per heavy atom. The Morgan fingerprint density at radius 1 is 1.41 bits per heavy atom. The first-order valence-electron chi connectivity index (χ1n) is 5.09. The van der Waals surface area contributed by atoms with Gasteiger partial charge in [0.05, 0.1) is 0 Å². The smallest absolute Gasteiger partial charge is 0.221 e. The molecule has 0 aliphatic rings. The van der Waals surface area contributed by atoms with Gasteiger partial charge in [-0.1, -0.05) is 23.9 Å². The van der Waals surface area contributed by atoms with Crippen LogP contribution in [0.15, 0.2) is 35.7 Å². The molecule has 1 heterocycles. The third kappa shape index (κ3) is 3.60. The Balaban J connectivity index is 1.91. The number of amides is 1. The highest BCUT2D eigenvalue weighted by Gasteiger charge is 1.99. The number of nitrogens with zero attached hydrogens (tertiary/aromatic N) is 2. The molecule has 0 saturated heterocycles. The SMILES string of the molecule is CC(=O)Nc1ccc(CSc2ncn[nH]2)cc1. The maximum Gasteiger partial charge on any atom is 0.221 e. The predicted octanol–water partition coefficient (Wildman–Crippen LogP) is 2.06. The van der Waals surface area contributed by atoms with E-state index in [-0.39, 0.29) is 5.91 Å². The number of benzene rings is 1. The Kier molecular flexibility index (Phi) is 3.77. The van der Waals surface area contributed by atoms with Gasteiger partial charge >= 0.3 is 0 Å². The number of hydrogen-bond donors (Lipinski definition) is 2. The van der Waals surface area contributed by atoms with Crippen LogP contribution in [0.3, 0.4) is 0 Å². The van der Waals surface area contributed by atoms with Gasteiger partial charge in [-0.2, -0.15) is 5.10 Å². The van der Waals surface area contributed by atoms with Gasteiger partial charge in [-0.05, 0) is 17.7 Å². The monoisotopic (exact) mass is 248 g/mol. The Hall–Kier alpha value is -1.82. The van der Waals surface area contributed by atoms with Crippen LogP contribution in [0.2, 0.25) is 0 Å². The molecule has 1 aromatic heterocycles. The lowest BCUT2D eigenvalue weighted by molar-refractivity contribution is -0.114. The minimum absolute atomic E-state index is 0.0613. The summed E-state index contributed by atoms with van der Waals surface area (Å²) >= 11 is 1.58. The molecule has 0 spiro atoms. The van der Waals surface area contributed by atoms with Crippen molar-refractivity contribution in [1.29, 1.82) is 0 Å². The van der Waals surface area contributed by atoms with Gasteiger partial charge in [-0.3, -0.25) is 9.89 Å². The fraction of sp³-hybridized carbons (Fsp3) is 0.182. The highest BCUT2D eigenvalue weighted by molar-refractivity contribution is 7.98. The molecule has 1 amide bonds. The third-order valence-electron chi connectivity index (χ3n) is 2.04. The molecule has 1 aromatic carbocycles. The van der Waals surface area contributed by atoms with E-state index < -0.39 is 0 Å². The molecule has 5 nitrogen and oxygen atoms in total. The maximum atomic E-state index is 10.8. The quantitative estimate of drug-likeness (QED) is 0.812. The van der Waals surface area contributed by atoms with Crippen molar-refractivity contribution in [2.45, 2.75) is 17.8 Å². The summed E-state index contributed by atoms with van der Waals surface area (Å²) in [6.07, 6.45) is 1.49. The van der Waals surface area contributed by atoms with Crippen molar-refractivity contribution in [2.75, 3.05) is 5.32 Å². The maximum absolute atomic E-state index is 10.8. The number of rotatable bonds is 4. The van der Waals surface area contributed by atoms with Crippen LogP contribution in [-0.2, 0) is 10.5 Å². The number of carbonyl (C=O) groups excluding carboxylic acids is 1. The van der Waals surface area contributed by atoms with Crippen molar-refractivity contribution in [3.8, 4) is 0 Å². The van der Waals surface area contributed by atoms with Gasteiger partial charge in [0.15, 0.2) is 5.16 Å². The number of anilines is 1. The Morgan fingerprint density at radius 2 is 2.18 bits per heavy atom. The fourth-order valence-electron chi connectivity index (χ4n) is 1.30. The summed E-state index contributed by atoms with van der Waals surface area (Å²) in [5, 5.41) is 10.1. The van der Waals surface area contributed by atoms with Crippen molar-refractivity contribution >= 4 is 23.4 Å². The molecule has 0 atom stereocenters. The molecule has 88 valence electrons. The van der Waals surface area contributed by atoms with Gasteiger partial charge in [0.25, 0.3) is 0 Å². The van der Waals surface area contributed by atoms with Gasteiger partial charge in [0.2, 0.25) is 5.91 Å². The largest absolute Gasteiger partial charge is 0.326 e. The number of nitrogens with one attached hydrogen (secondary N) is 2. The fourth-order valence-corrected chi connectivity index (χ4v) is 2.04. The molecule has 2 aromatic rings. The third-order valence-corrected chi connectivity index (χ3v) is 2.99. The second-order valence-electron chi connectivity index (χ2n) is 3.46. The normalized spacial score (nSPS) is 10.2. The van der Waals surface area contributed by atoms with Crippen molar-refractivity contribution in [1.82, 2.24) is 15.2 Å². The van der Waals surface area contributed by atoms with E-state index in [1.165, 1.54) is 18.8 Å². The van der Waals surface area contributed by atoms with Gasteiger partial charge in [-0.15, -0.1) is 0 Å². The topological polar surface area (TPSA) is 70.7 Å². The minimum atomic E-state index is -0.0613. The molecular weight excluding hydrogens is 236 g/mol. The highest BCUT2D eigenvalue weighted by atomic mass is 32.2. The summed E-state index contributed by atoms with van der Waals surface area (Å²) in [5.41, 5.74) is 1.98. The van der Waals surface area contributed by atoms with E-state index in [0.717, 1.165) is 16.6 Å². The van der Waals surface area contributed by atoms with Crippen molar-refractivity contribution in [3.05, 3.63) is 36.2 Å². The zero-order chi connectivity index (χ0) is 12.1. The van der Waals surface area contributed by atoms with E-state index in [1.807, 2.05) is 24.3 Å². The van der Waals surface area contributed by atoms with Crippen LogP contribution < -0.4 is 5.32 Å². The van der Waals surface area contributed by atoms with Crippen LogP contribution in [0.1, 0.15) is 12.5 Å². The number of H-pyrrole nitrogens is 1. The summed E-state index contributed by atoms with van der Waals surface area (Å²) in [6.45, 7) is 1.49. The molecule has 2 N–H and O–H groups in total. The van der Waals surface area contributed by atoms with Crippen LogP contribution in [0, 0.1) is 0 Å². The molecule has 0 bridgehead atoms. The lowest BCUT2D eigenvalue weighted by Gasteiger charge is -2.03. The molecule has 0 saturated carbocycles. The number of aromatic nitrogens is 3. The average molecular weight is 248 g/mol. The first kappa shape index (κ1) is 11.7. The summed E-state index contributed by atoms with van der Waals surface area (Å²) in [6, 6.07) is 7.73. The molecule has 0 aliphatic carbocycles. The average Bonchev–Trinajstić information content (AvgIpc) is 2.80. The van der Waals surface area contributed by atoms with Gasteiger partial charge < -0.3 is 5.32 Å². The molecule has 2 rings (SSSR count). The van der Waals surface area contributed by atoms with Crippen LogP contribution in [0.4, 0.5) is 5.69 Å². The van der Waals surface area contributed by atoms with E-state index in [9.17, 15) is 4.79 Å². The second kappa shape index (κ2) is 5.49. The number of thioether (sulfide) groups is 1. The minimum Gasteiger partial charge on any atom is -0.326 e. The van der Waals surface area contributed by atoms with E-state index in [4.69, 9.17) is 0 Å². The standard InChI is InChI=1S/C11H12N4OS/c1-8(16)14-10-4-2-9(3-5-10)6-17-11-12-7-13-15-11/h2-5,7H,6H2,1H3,(H,14,16)(H,12,13,15). The van der Waals surface area contributed by atoms with Gasteiger partial charge in [0.1, 0.15) is 6.33 Å². The predicted molar refractivity (Wildman–Crippen MR) is 66.7 cm³/mol. The van der Waals surface area contributed by atoms with Gasteiger partial charge in [0, 0.05) is 18.4 Å². The van der Waals surface area contributed by atoms with E-state index in [2.05, 4.69) is 20.5 Å². The second-order valence-corrected chi connectivity index (χ2v) is 4.42.